The molecule has 2 unspecified atom stereocenters. The van der Waals surface area contributed by atoms with Crippen LogP contribution in [0.4, 0.5) is 36.4 Å². The van der Waals surface area contributed by atoms with E-state index in [0.717, 1.165) is 17.8 Å². The first kappa shape index (κ1) is 28.2. The average molecular weight is 558 g/mol. The number of thioether (sulfide) groups is 1. The van der Waals surface area contributed by atoms with Crippen LogP contribution in [0.5, 0.6) is 0 Å². The topological polar surface area (TPSA) is 146 Å². The second kappa shape index (κ2) is 10.5. The summed E-state index contributed by atoms with van der Waals surface area (Å²) in [6.45, 7) is 0.453. The molecule has 10 nitrogen and oxygen atoms in total. The van der Waals surface area contributed by atoms with Crippen LogP contribution in [0.25, 0.3) is 0 Å². The number of halogens is 7. The Hall–Kier alpha value is -3.41. The predicted molar refractivity (Wildman–Crippen MR) is 113 cm³/mol. The van der Waals surface area contributed by atoms with E-state index in [-0.39, 0.29) is 34.4 Å². The quantitative estimate of drug-likeness (QED) is 0.127. The molecule has 3 rings (SSSR count). The molecule has 0 saturated heterocycles. The van der Waals surface area contributed by atoms with E-state index in [1.807, 2.05) is 0 Å². The summed E-state index contributed by atoms with van der Waals surface area (Å²) >= 11 is 0.932. The monoisotopic (exact) mass is 558 g/mol. The standard InChI is InChI=1S/C19H17F7N6O4S/c1-17(34,19(24,25)26)12-7-11(30-35-12)15(33)28-4-5-37-16-13(31-36-32-16)14(27)29-8-2-3-10(20)9(6-8)18(21,22)23/h2-3,6,12,34H,4-5,7H2,1H3,(H2,27,29)(H,28,33). The van der Waals surface area contributed by atoms with Crippen LogP contribution in [-0.4, -0.2) is 63.1 Å². The summed E-state index contributed by atoms with van der Waals surface area (Å²) in [5, 5.41) is 32.8. The van der Waals surface area contributed by atoms with E-state index in [2.05, 4.69) is 35.6 Å². The molecule has 1 aromatic heterocycles. The molecule has 1 aliphatic rings. The van der Waals surface area contributed by atoms with E-state index < -0.39 is 53.6 Å². The number of nitrogens with zero attached hydrogens (tertiary/aromatic N) is 3. The van der Waals surface area contributed by atoms with Crippen LogP contribution < -0.4 is 10.6 Å². The third kappa shape index (κ3) is 6.48. The minimum Gasteiger partial charge on any atom is -0.388 e. The molecule has 0 radical (unpaired) electrons. The van der Waals surface area contributed by atoms with Crippen molar-refractivity contribution in [3.63, 3.8) is 0 Å². The Morgan fingerprint density at radius 1 is 1.24 bits per heavy atom. The van der Waals surface area contributed by atoms with Crippen LogP contribution in [0.2, 0.25) is 0 Å². The van der Waals surface area contributed by atoms with Crippen molar-refractivity contribution in [3.8, 4) is 0 Å². The van der Waals surface area contributed by atoms with E-state index in [9.17, 15) is 40.6 Å². The maximum atomic E-state index is 13.4. The Morgan fingerprint density at radius 3 is 2.59 bits per heavy atom. The van der Waals surface area contributed by atoms with Crippen molar-refractivity contribution in [1.29, 1.82) is 5.41 Å². The van der Waals surface area contributed by atoms with Gasteiger partial charge in [-0.1, -0.05) is 16.9 Å². The molecular weight excluding hydrogens is 541 g/mol. The van der Waals surface area contributed by atoms with Gasteiger partial charge in [0.25, 0.3) is 5.91 Å². The van der Waals surface area contributed by atoms with E-state index in [0.29, 0.717) is 19.1 Å². The number of alkyl halides is 6. The SMILES string of the molecule is CC(O)(C1CC(C(=O)NCCSc2nonc2C(=N)Nc2ccc(F)c(C(F)(F)F)c2)=NO1)C(F)(F)F. The predicted octanol–water partition coefficient (Wildman–Crippen LogP) is 3.33. The van der Waals surface area contributed by atoms with Crippen molar-refractivity contribution >= 4 is 34.9 Å². The van der Waals surface area contributed by atoms with Gasteiger partial charge >= 0.3 is 12.4 Å². The van der Waals surface area contributed by atoms with Gasteiger partial charge < -0.3 is 20.6 Å². The lowest BCUT2D eigenvalue weighted by molar-refractivity contribution is -0.285. The molecule has 18 heteroatoms. The maximum Gasteiger partial charge on any atom is 0.420 e. The van der Waals surface area contributed by atoms with Crippen LogP contribution in [0.1, 0.15) is 24.6 Å². The number of amides is 1. The Kier molecular flexibility index (Phi) is 8.01. The Bertz CT molecular complexity index is 1200. The Balaban J connectivity index is 1.51. The minimum absolute atomic E-state index is 0.0349. The van der Waals surface area contributed by atoms with Gasteiger partial charge in [0, 0.05) is 24.4 Å². The third-order valence-corrected chi connectivity index (χ3v) is 5.94. The van der Waals surface area contributed by atoms with Crippen molar-refractivity contribution in [2.45, 2.75) is 42.4 Å². The van der Waals surface area contributed by atoms with Crippen LogP contribution in [-0.2, 0) is 15.8 Å². The van der Waals surface area contributed by atoms with Gasteiger partial charge in [-0.05, 0) is 35.4 Å². The highest BCUT2D eigenvalue weighted by Gasteiger charge is 2.58. The fourth-order valence-corrected chi connectivity index (χ4v) is 3.62. The number of carbonyl (C=O) groups excluding carboxylic acids is 1. The number of aromatic nitrogens is 2. The van der Waals surface area contributed by atoms with Gasteiger partial charge in [0.1, 0.15) is 11.5 Å². The molecule has 37 heavy (non-hydrogen) atoms. The summed E-state index contributed by atoms with van der Waals surface area (Å²) in [6.07, 6.45) is -12.3. The summed E-state index contributed by atoms with van der Waals surface area (Å²) < 4.78 is 95.4. The number of nitrogens with one attached hydrogen (secondary N) is 3. The zero-order chi connectivity index (χ0) is 27.6. The van der Waals surface area contributed by atoms with Crippen LogP contribution in [0.3, 0.4) is 0 Å². The number of anilines is 1. The molecule has 2 heterocycles. The highest BCUT2D eigenvalue weighted by Crippen LogP contribution is 2.37. The number of carbonyl (C=O) groups is 1. The molecule has 0 bridgehead atoms. The number of hydrogen-bond donors (Lipinski definition) is 4. The van der Waals surface area contributed by atoms with Gasteiger partial charge in [-0.15, -0.1) is 0 Å². The van der Waals surface area contributed by atoms with Crippen molar-refractivity contribution < 1.29 is 50.1 Å². The molecule has 0 aliphatic carbocycles. The van der Waals surface area contributed by atoms with Gasteiger partial charge in [-0.3, -0.25) is 10.2 Å². The average Bonchev–Trinajstić information content (AvgIpc) is 3.46. The van der Waals surface area contributed by atoms with Crippen molar-refractivity contribution in [2.75, 3.05) is 17.6 Å². The van der Waals surface area contributed by atoms with Crippen molar-refractivity contribution in [2.24, 2.45) is 5.16 Å². The van der Waals surface area contributed by atoms with Gasteiger partial charge in [-0.25, -0.2) is 9.02 Å². The zero-order valence-corrected chi connectivity index (χ0v) is 19.3. The maximum absolute atomic E-state index is 13.4. The van der Waals surface area contributed by atoms with E-state index in [1.54, 1.807) is 0 Å². The summed E-state index contributed by atoms with van der Waals surface area (Å²) in [4.78, 5) is 16.7. The number of amidine groups is 1. The van der Waals surface area contributed by atoms with Crippen LogP contribution in [0.15, 0.2) is 33.0 Å². The summed E-state index contributed by atoms with van der Waals surface area (Å²) in [5.41, 5.74) is -5.52. The minimum atomic E-state index is -5.00. The van der Waals surface area contributed by atoms with Crippen LogP contribution >= 0.6 is 11.8 Å². The number of hydrogen-bond acceptors (Lipinski definition) is 9. The fraction of sp³-hybridized carbons (Fsp3) is 0.421. The van der Waals surface area contributed by atoms with Gasteiger partial charge in [0.05, 0.1) is 5.56 Å². The smallest absolute Gasteiger partial charge is 0.388 e. The first-order valence-corrected chi connectivity index (χ1v) is 11.1. The number of oxime groups is 1. The van der Waals surface area contributed by atoms with Gasteiger partial charge in [0.15, 0.2) is 28.3 Å². The van der Waals surface area contributed by atoms with Gasteiger partial charge in [0.2, 0.25) is 0 Å². The van der Waals surface area contributed by atoms with E-state index in [1.165, 1.54) is 0 Å². The Morgan fingerprint density at radius 2 is 1.95 bits per heavy atom. The molecule has 4 N–H and O–H groups in total. The Labute approximate surface area is 207 Å². The molecule has 1 amide bonds. The molecule has 2 aromatic rings. The van der Waals surface area contributed by atoms with Crippen molar-refractivity contribution in [3.05, 3.63) is 35.3 Å². The second-order valence-corrected chi connectivity index (χ2v) is 8.78. The molecular formula is C19H17F7N6O4S. The zero-order valence-electron chi connectivity index (χ0n) is 18.5. The number of rotatable bonds is 8. The molecule has 1 aromatic carbocycles. The summed E-state index contributed by atoms with van der Waals surface area (Å²) in [5.74, 6) is -2.71. The lowest BCUT2D eigenvalue weighted by Crippen LogP contribution is -2.52. The summed E-state index contributed by atoms with van der Waals surface area (Å²) in [6, 6.07) is 2.06. The first-order valence-electron chi connectivity index (χ1n) is 10.1. The molecule has 2 atom stereocenters. The molecule has 202 valence electrons. The first-order chi connectivity index (χ1) is 17.1. The van der Waals surface area contributed by atoms with E-state index in [4.69, 9.17) is 5.41 Å². The number of aliphatic hydroxyl groups is 1. The van der Waals surface area contributed by atoms with Crippen LogP contribution in [0, 0.1) is 11.2 Å². The molecule has 0 saturated carbocycles. The second-order valence-electron chi connectivity index (χ2n) is 7.70. The lowest BCUT2D eigenvalue weighted by atomic mass is 9.94. The molecule has 0 fully saturated rings. The highest BCUT2D eigenvalue weighted by atomic mass is 32.2. The largest absolute Gasteiger partial charge is 0.420 e. The normalized spacial score (nSPS) is 17.5. The van der Waals surface area contributed by atoms with Gasteiger partial charge in [-0.2, -0.15) is 26.3 Å². The van der Waals surface area contributed by atoms with E-state index >= 15 is 0 Å². The number of benzene rings is 1. The summed E-state index contributed by atoms with van der Waals surface area (Å²) in [7, 11) is 0. The lowest BCUT2D eigenvalue weighted by Gasteiger charge is -2.29. The van der Waals surface area contributed by atoms with Crippen molar-refractivity contribution in [1.82, 2.24) is 15.6 Å². The molecule has 0 spiro atoms. The molecule has 1 aliphatic heterocycles. The highest BCUT2D eigenvalue weighted by molar-refractivity contribution is 7.99. The third-order valence-electron chi connectivity index (χ3n) is 4.99. The fourth-order valence-electron chi connectivity index (χ4n) is 2.86.